The highest BCUT2D eigenvalue weighted by Crippen LogP contribution is 2.43. The maximum absolute atomic E-state index is 11.9. The summed E-state index contributed by atoms with van der Waals surface area (Å²) >= 11 is 2.46. The smallest absolute Gasteiger partial charge is 0.310 e. The lowest BCUT2D eigenvalue weighted by Gasteiger charge is -2.32. The Kier molecular flexibility index (Phi) is 7.09. The number of esters is 1. The monoisotopic (exact) mass is 508 g/mol. The standard InChI is InChI=1S/C24H29IO4/c1-5-27-22(26)13-18-8-6-7-9-21(18)28-15-17-11-19-12-20(10-16(2)3)29-23(19)24(4,25)14-17/h6-9,11-12,14,16,23H,5,10,13,15H2,1-4H3. The van der Waals surface area contributed by atoms with Crippen LogP contribution in [0.3, 0.4) is 0 Å². The molecule has 0 radical (unpaired) electrons. The number of para-hydroxylation sites is 1. The first-order valence-electron chi connectivity index (χ1n) is 10.1. The maximum atomic E-state index is 11.9. The fraction of sp³-hybridized carbons (Fsp3) is 0.458. The molecule has 0 saturated heterocycles. The van der Waals surface area contributed by atoms with Gasteiger partial charge in [0.1, 0.15) is 18.5 Å². The van der Waals surface area contributed by atoms with Crippen LogP contribution in [0.1, 0.15) is 39.7 Å². The summed E-state index contributed by atoms with van der Waals surface area (Å²) in [6.07, 6.45) is 7.80. The van der Waals surface area contributed by atoms with Crippen LogP contribution in [0.5, 0.6) is 5.75 Å². The van der Waals surface area contributed by atoms with Crippen LogP contribution in [0, 0.1) is 5.92 Å². The molecule has 29 heavy (non-hydrogen) atoms. The van der Waals surface area contributed by atoms with Gasteiger partial charge in [0.25, 0.3) is 0 Å². The van der Waals surface area contributed by atoms with E-state index in [1.807, 2.05) is 31.2 Å². The van der Waals surface area contributed by atoms with Gasteiger partial charge in [-0.15, -0.1) is 0 Å². The summed E-state index contributed by atoms with van der Waals surface area (Å²) in [5.41, 5.74) is 3.16. The van der Waals surface area contributed by atoms with Crippen LogP contribution in [-0.2, 0) is 20.7 Å². The molecule has 2 unspecified atom stereocenters. The number of benzene rings is 1. The van der Waals surface area contributed by atoms with Gasteiger partial charge >= 0.3 is 5.97 Å². The molecular formula is C24H29IO4. The Morgan fingerprint density at radius 3 is 2.76 bits per heavy atom. The molecule has 0 fully saturated rings. The van der Waals surface area contributed by atoms with Crippen LogP contribution in [0.2, 0.25) is 0 Å². The minimum atomic E-state index is -0.240. The topological polar surface area (TPSA) is 44.8 Å². The molecule has 0 amide bonds. The van der Waals surface area contributed by atoms with E-state index in [0.29, 0.717) is 19.1 Å². The van der Waals surface area contributed by atoms with Gasteiger partial charge in [-0.1, -0.05) is 60.7 Å². The van der Waals surface area contributed by atoms with Gasteiger partial charge in [-0.2, -0.15) is 0 Å². The normalized spacial score (nSPS) is 23.0. The fourth-order valence-electron chi connectivity index (χ4n) is 3.68. The quantitative estimate of drug-likeness (QED) is 0.262. The molecule has 3 rings (SSSR count). The van der Waals surface area contributed by atoms with Crippen LogP contribution < -0.4 is 4.74 Å². The molecule has 1 aromatic rings. The SMILES string of the molecule is CCOC(=O)Cc1ccccc1OCC1=CC(C)(I)C2OC(CC(C)C)=CC2=C1. The average molecular weight is 508 g/mol. The third kappa shape index (κ3) is 5.65. The van der Waals surface area contributed by atoms with Crippen molar-refractivity contribution in [3.8, 4) is 5.75 Å². The van der Waals surface area contributed by atoms with Crippen molar-refractivity contribution in [2.75, 3.05) is 13.2 Å². The number of alkyl halides is 1. The van der Waals surface area contributed by atoms with Crippen LogP contribution in [-0.4, -0.2) is 28.7 Å². The molecule has 0 aromatic heterocycles. The zero-order valence-corrected chi connectivity index (χ0v) is 19.7. The molecule has 1 aliphatic heterocycles. The van der Waals surface area contributed by atoms with Gasteiger partial charge in [0.2, 0.25) is 0 Å². The molecule has 2 aliphatic rings. The van der Waals surface area contributed by atoms with Crippen molar-refractivity contribution in [2.24, 2.45) is 5.92 Å². The third-order valence-corrected chi connectivity index (χ3v) is 5.73. The van der Waals surface area contributed by atoms with Crippen LogP contribution in [0.25, 0.3) is 0 Å². The number of carbonyl (C=O) groups excluding carboxylic acids is 1. The molecule has 0 N–H and O–H groups in total. The lowest BCUT2D eigenvalue weighted by atomic mass is 9.89. The van der Waals surface area contributed by atoms with E-state index in [1.54, 1.807) is 0 Å². The first-order valence-corrected chi connectivity index (χ1v) is 11.2. The Labute approximate surface area is 187 Å². The zero-order chi connectivity index (χ0) is 21.0. The van der Waals surface area contributed by atoms with Crippen molar-refractivity contribution >= 4 is 28.6 Å². The molecule has 1 aromatic carbocycles. The van der Waals surface area contributed by atoms with E-state index in [-0.39, 0.29) is 21.9 Å². The molecule has 0 spiro atoms. The van der Waals surface area contributed by atoms with Crippen molar-refractivity contribution in [2.45, 2.75) is 50.1 Å². The van der Waals surface area contributed by atoms with Gasteiger partial charge in [-0.3, -0.25) is 4.79 Å². The number of hydrogen-bond donors (Lipinski definition) is 0. The van der Waals surface area contributed by atoms with Gasteiger partial charge in [0, 0.05) is 12.0 Å². The van der Waals surface area contributed by atoms with Gasteiger partial charge in [-0.25, -0.2) is 0 Å². The molecule has 2 atom stereocenters. The summed E-state index contributed by atoms with van der Waals surface area (Å²) in [4.78, 5) is 11.9. The molecule has 156 valence electrons. The predicted molar refractivity (Wildman–Crippen MR) is 123 cm³/mol. The van der Waals surface area contributed by atoms with Crippen molar-refractivity contribution in [1.29, 1.82) is 0 Å². The summed E-state index contributed by atoms with van der Waals surface area (Å²) in [6.45, 7) is 9.23. The molecular weight excluding hydrogens is 479 g/mol. The number of allylic oxidation sites excluding steroid dienone is 1. The summed E-state index contributed by atoms with van der Waals surface area (Å²) in [5.74, 6) is 2.11. The maximum Gasteiger partial charge on any atom is 0.310 e. The number of carbonyl (C=O) groups is 1. The Morgan fingerprint density at radius 1 is 1.28 bits per heavy atom. The summed E-state index contributed by atoms with van der Waals surface area (Å²) in [5, 5.41) is 0. The van der Waals surface area contributed by atoms with Crippen LogP contribution in [0.15, 0.2) is 59.4 Å². The summed E-state index contributed by atoms with van der Waals surface area (Å²) < 4.78 is 17.3. The second-order valence-corrected chi connectivity index (χ2v) is 10.4. The molecule has 4 nitrogen and oxygen atoms in total. The Balaban J connectivity index is 1.72. The number of hydrogen-bond acceptors (Lipinski definition) is 4. The van der Waals surface area contributed by atoms with E-state index < -0.39 is 0 Å². The zero-order valence-electron chi connectivity index (χ0n) is 17.5. The van der Waals surface area contributed by atoms with Crippen molar-refractivity contribution in [1.82, 2.24) is 0 Å². The first-order chi connectivity index (χ1) is 13.8. The lowest BCUT2D eigenvalue weighted by molar-refractivity contribution is -0.142. The van der Waals surface area contributed by atoms with Crippen molar-refractivity contribution < 1.29 is 19.0 Å². The van der Waals surface area contributed by atoms with Crippen LogP contribution >= 0.6 is 22.6 Å². The van der Waals surface area contributed by atoms with E-state index >= 15 is 0 Å². The van der Waals surface area contributed by atoms with E-state index in [0.717, 1.165) is 29.1 Å². The van der Waals surface area contributed by atoms with Gasteiger partial charge in [0.15, 0.2) is 0 Å². The van der Waals surface area contributed by atoms with E-state index in [2.05, 4.69) is 61.6 Å². The second kappa shape index (κ2) is 9.37. The van der Waals surface area contributed by atoms with Crippen molar-refractivity contribution in [3.05, 3.63) is 65.0 Å². The molecule has 1 aliphatic carbocycles. The van der Waals surface area contributed by atoms with Crippen molar-refractivity contribution in [3.63, 3.8) is 0 Å². The largest absolute Gasteiger partial charge is 0.489 e. The number of ether oxygens (including phenoxy) is 3. The third-order valence-electron chi connectivity index (χ3n) is 4.85. The number of rotatable bonds is 8. The van der Waals surface area contributed by atoms with E-state index in [9.17, 15) is 4.79 Å². The Morgan fingerprint density at radius 2 is 2.03 bits per heavy atom. The predicted octanol–water partition coefficient (Wildman–Crippen LogP) is 5.56. The average Bonchev–Trinajstić information content (AvgIpc) is 3.03. The number of fused-ring (bicyclic) bond motifs is 1. The second-order valence-electron chi connectivity index (χ2n) is 8.10. The molecule has 0 bridgehead atoms. The lowest BCUT2D eigenvalue weighted by Crippen LogP contribution is -2.35. The highest BCUT2D eigenvalue weighted by molar-refractivity contribution is 14.1. The van der Waals surface area contributed by atoms with Gasteiger partial charge in [-0.05, 0) is 49.1 Å². The highest BCUT2D eigenvalue weighted by atomic mass is 127. The van der Waals surface area contributed by atoms with E-state index in [4.69, 9.17) is 14.2 Å². The first kappa shape index (κ1) is 21.9. The minimum Gasteiger partial charge on any atom is -0.489 e. The Hall–Kier alpha value is -1.76. The molecule has 0 saturated carbocycles. The fourth-order valence-corrected chi connectivity index (χ4v) is 4.57. The number of halogens is 1. The Bertz CT molecular complexity index is 848. The van der Waals surface area contributed by atoms with Gasteiger partial charge in [0.05, 0.1) is 22.2 Å². The van der Waals surface area contributed by atoms with Crippen LogP contribution in [0.4, 0.5) is 0 Å². The molecule has 5 heteroatoms. The molecule has 1 heterocycles. The highest BCUT2D eigenvalue weighted by Gasteiger charge is 2.40. The van der Waals surface area contributed by atoms with E-state index in [1.165, 1.54) is 5.57 Å². The minimum absolute atomic E-state index is 0.0525. The summed E-state index contributed by atoms with van der Waals surface area (Å²) in [6, 6.07) is 7.63. The summed E-state index contributed by atoms with van der Waals surface area (Å²) in [7, 11) is 0. The van der Waals surface area contributed by atoms with Gasteiger partial charge < -0.3 is 14.2 Å².